The number of halogens is 1. The van der Waals surface area contributed by atoms with Gasteiger partial charge in [0.25, 0.3) is 5.91 Å². The third-order valence-electron chi connectivity index (χ3n) is 8.83. The lowest BCUT2D eigenvalue weighted by Crippen LogP contribution is -2.49. The first-order valence-corrected chi connectivity index (χ1v) is 18.8. The van der Waals surface area contributed by atoms with Crippen LogP contribution < -0.4 is 14.8 Å². The molecule has 3 aromatic rings. The van der Waals surface area contributed by atoms with Crippen molar-refractivity contribution in [3.63, 3.8) is 0 Å². The minimum absolute atomic E-state index is 0.0612. The van der Waals surface area contributed by atoms with Crippen molar-refractivity contribution < 1.29 is 23.3 Å². The van der Waals surface area contributed by atoms with Crippen LogP contribution in [-0.2, 0) is 15.7 Å². The van der Waals surface area contributed by atoms with Crippen LogP contribution in [0.1, 0.15) is 98.4 Å². The van der Waals surface area contributed by atoms with Crippen molar-refractivity contribution in [1.29, 1.82) is 0 Å². The highest BCUT2D eigenvalue weighted by Gasteiger charge is 2.43. The fourth-order valence-electron chi connectivity index (χ4n) is 6.18. The third kappa shape index (κ3) is 10.4. The summed E-state index contributed by atoms with van der Waals surface area (Å²) >= 11 is 6.40. The SMILES string of the molecule is CC(C)C(COc1ccn(-c2ccc(C(=O)NS(=O)c3cccc(NCCCC4CCC(C)(C)N4C(=O)OC(C)(C)C)n3)c(Cl)n2)n1)C(C)C. The standard InChI is InChI=1S/C36H52ClN7O5S/c1-23(2)27(24(3)4)22-48-30-18-21-43(41-30)29-16-15-26(32(37)40-29)33(45)42-50(47)31-14-10-13-28(39-31)38-20-11-12-25-17-19-36(8,9)44(25)34(46)49-35(5,6)7/h10,13-16,18,21,23-25,27H,11-12,17,19-20,22H2,1-9H3,(H,38,39)(H,42,45). The van der Waals surface area contributed by atoms with Gasteiger partial charge in [0, 0.05) is 30.4 Å². The number of carbonyl (C=O) groups is 2. The van der Waals surface area contributed by atoms with Crippen LogP contribution in [-0.4, -0.2) is 71.2 Å². The van der Waals surface area contributed by atoms with E-state index in [0.29, 0.717) is 48.4 Å². The number of rotatable bonds is 14. The zero-order valence-electron chi connectivity index (χ0n) is 30.7. The van der Waals surface area contributed by atoms with Crippen molar-refractivity contribution in [2.75, 3.05) is 18.5 Å². The molecule has 274 valence electrons. The second-order valence-corrected chi connectivity index (χ2v) is 16.6. The Balaban J connectivity index is 1.29. The highest BCUT2D eigenvalue weighted by molar-refractivity contribution is 7.83. The summed E-state index contributed by atoms with van der Waals surface area (Å²) < 4.78 is 28.7. The van der Waals surface area contributed by atoms with Crippen molar-refractivity contribution in [3.8, 4) is 11.7 Å². The lowest BCUT2D eigenvalue weighted by Gasteiger charge is -2.37. The molecule has 2 atom stereocenters. The molecule has 0 radical (unpaired) electrons. The second kappa shape index (κ2) is 16.5. The molecule has 2 amide bonds. The van der Waals surface area contributed by atoms with Crippen molar-refractivity contribution in [1.82, 2.24) is 29.4 Å². The molecule has 1 aliphatic rings. The van der Waals surface area contributed by atoms with E-state index in [1.165, 1.54) is 10.7 Å². The molecule has 4 heterocycles. The lowest BCUT2D eigenvalue weighted by molar-refractivity contribution is 0.00293. The molecule has 0 bridgehead atoms. The van der Waals surface area contributed by atoms with Gasteiger partial charge in [-0.3, -0.25) is 9.52 Å². The van der Waals surface area contributed by atoms with Gasteiger partial charge in [-0.2, -0.15) is 0 Å². The average Bonchev–Trinajstić information content (AvgIpc) is 3.61. The van der Waals surface area contributed by atoms with Crippen LogP contribution in [0.5, 0.6) is 5.88 Å². The number of nitrogens with one attached hydrogen (secondary N) is 2. The number of likely N-dealkylation sites (tertiary alicyclic amines) is 1. The Morgan fingerprint density at radius 2 is 1.80 bits per heavy atom. The summed E-state index contributed by atoms with van der Waals surface area (Å²) in [7, 11) is -1.95. The van der Waals surface area contributed by atoms with E-state index in [0.717, 1.165) is 25.7 Å². The van der Waals surface area contributed by atoms with E-state index in [4.69, 9.17) is 21.1 Å². The minimum Gasteiger partial charge on any atom is -0.476 e. The van der Waals surface area contributed by atoms with Gasteiger partial charge in [0.2, 0.25) is 5.88 Å². The summed E-state index contributed by atoms with van der Waals surface area (Å²) in [5.41, 5.74) is -0.761. The number of carbonyl (C=O) groups excluding carboxylic acids is 2. The van der Waals surface area contributed by atoms with Crippen LogP contribution in [0.3, 0.4) is 0 Å². The normalized spacial score (nSPS) is 16.6. The van der Waals surface area contributed by atoms with E-state index in [-0.39, 0.29) is 33.4 Å². The number of nitrogens with zero attached hydrogens (tertiary/aromatic N) is 5. The van der Waals surface area contributed by atoms with Crippen molar-refractivity contribution in [3.05, 3.63) is 53.3 Å². The van der Waals surface area contributed by atoms with E-state index < -0.39 is 22.5 Å². The first kappa shape index (κ1) is 39.1. The molecule has 0 saturated carbocycles. The van der Waals surface area contributed by atoms with Crippen molar-refractivity contribution in [2.45, 2.75) is 110 Å². The van der Waals surface area contributed by atoms with Gasteiger partial charge in [0.05, 0.1) is 12.2 Å². The Morgan fingerprint density at radius 3 is 2.46 bits per heavy atom. The molecular formula is C36H52ClN7O5S. The predicted octanol–water partition coefficient (Wildman–Crippen LogP) is 7.45. The van der Waals surface area contributed by atoms with Gasteiger partial charge in [-0.25, -0.2) is 23.7 Å². The number of aromatic nitrogens is 4. The quantitative estimate of drug-likeness (QED) is 0.128. The molecule has 1 fully saturated rings. The van der Waals surface area contributed by atoms with E-state index in [1.54, 1.807) is 36.5 Å². The molecule has 0 aliphatic carbocycles. The van der Waals surface area contributed by atoms with Gasteiger partial charge in [-0.1, -0.05) is 45.4 Å². The van der Waals surface area contributed by atoms with Gasteiger partial charge in [0.1, 0.15) is 16.6 Å². The summed E-state index contributed by atoms with van der Waals surface area (Å²) in [4.78, 5) is 36.7. The molecule has 4 rings (SSSR count). The Morgan fingerprint density at radius 1 is 1.08 bits per heavy atom. The molecule has 3 aromatic heterocycles. The maximum atomic E-state index is 13.1. The van der Waals surface area contributed by atoms with Gasteiger partial charge in [-0.05, 0) is 102 Å². The molecule has 0 spiro atoms. The molecule has 2 N–H and O–H groups in total. The van der Waals surface area contributed by atoms with Crippen molar-refractivity contribution >= 4 is 40.4 Å². The summed E-state index contributed by atoms with van der Waals surface area (Å²) in [6, 6.07) is 10.0. The Kier molecular flexibility index (Phi) is 12.9. The Hall–Kier alpha value is -3.71. The maximum absolute atomic E-state index is 13.1. The van der Waals surface area contributed by atoms with Crippen LogP contribution in [0.2, 0.25) is 5.15 Å². The first-order valence-electron chi connectivity index (χ1n) is 17.3. The van der Waals surface area contributed by atoms with Crippen molar-refractivity contribution in [2.24, 2.45) is 17.8 Å². The zero-order chi connectivity index (χ0) is 36.8. The number of pyridine rings is 2. The predicted molar refractivity (Wildman–Crippen MR) is 196 cm³/mol. The highest BCUT2D eigenvalue weighted by Crippen LogP contribution is 2.36. The molecule has 12 nitrogen and oxygen atoms in total. The van der Waals surface area contributed by atoms with Gasteiger partial charge in [0.15, 0.2) is 21.8 Å². The van der Waals surface area contributed by atoms with Crippen LogP contribution in [0, 0.1) is 17.8 Å². The molecule has 50 heavy (non-hydrogen) atoms. The fourth-order valence-corrected chi connectivity index (χ4v) is 7.18. The Bertz CT molecular complexity index is 1650. The number of amides is 2. The summed E-state index contributed by atoms with van der Waals surface area (Å²) in [6.07, 6.45) is 4.85. The molecule has 1 saturated heterocycles. The number of hydrogen-bond donors (Lipinski definition) is 2. The van der Waals surface area contributed by atoms with E-state index >= 15 is 0 Å². The summed E-state index contributed by atoms with van der Waals surface area (Å²) in [5.74, 6) is 2.10. The van der Waals surface area contributed by atoms with Gasteiger partial charge >= 0.3 is 6.09 Å². The first-order chi connectivity index (χ1) is 23.4. The van der Waals surface area contributed by atoms with Crippen LogP contribution in [0.4, 0.5) is 10.6 Å². The smallest absolute Gasteiger partial charge is 0.410 e. The van der Waals surface area contributed by atoms with E-state index in [2.05, 4.69) is 66.6 Å². The second-order valence-electron chi connectivity index (χ2n) is 15.1. The zero-order valence-corrected chi connectivity index (χ0v) is 32.2. The lowest BCUT2D eigenvalue weighted by atomic mass is 9.86. The molecular weight excluding hydrogens is 678 g/mol. The van der Waals surface area contributed by atoms with E-state index in [1.807, 2.05) is 25.7 Å². The minimum atomic E-state index is -1.95. The Labute approximate surface area is 303 Å². The van der Waals surface area contributed by atoms with Gasteiger partial charge in [-0.15, -0.1) is 5.10 Å². The molecule has 14 heteroatoms. The monoisotopic (exact) mass is 729 g/mol. The number of ether oxygens (including phenoxy) is 2. The van der Waals surface area contributed by atoms with Crippen LogP contribution in [0.15, 0.2) is 47.6 Å². The largest absolute Gasteiger partial charge is 0.476 e. The summed E-state index contributed by atoms with van der Waals surface area (Å²) in [5, 5.41) is 7.83. The highest BCUT2D eigenvalue weighted by atomic mass is 35.5. The third-order valence-corrected chi connectivity index (χ3v) is 10.1. The van der Waals surface area contributed by atoms with E-state index in [9.17, 15) is 13.8 Å². The van der Waals surface area contributed by atoms with Crippen LogP contribution >= 0.6 is 11.6 Å². The topological polar surface area (TPSA) is 141 Å². The number of hydrogen-bond acceptors (Lipinski definition) is 9. The fraction of sp³-hybridized carbons (Fsp3) is 0.583. The van der Waals surface area contributed by atoms with Crippen LogP contribution in [0.25, 0.3) is 5.82 Å². The molecule has 0 aromatic carbocycles. The molecule has 1 aliphatic heterocycles. The molecule has 2 unspecified atom stereocenters. The average molecular weight is 730 g/mol. The summed E-state index contributed by atoms with van der Waals surface area (Å²) in [6.45, 7) is 19.7. The number of anilines is 1. The maximum Gasteiger partial charge on any atom is 0.410 e. The van der Waals surface area contributed by atoms with Gasteiger partial charge < -0.3 is 19.7 Å².